The largest absolute Gasteiger partial charge is 0.457 e. The van der Waals surface area contributed by atoms with E-state index in [1.807, 2.05) is 12.2 Å². The molecule has 1 N–H and O–H groups in total. The minimum absolute atomic E-state index is 0.204. The third-order valence-electron chi connectivity index (χ3n) is 6.22. The van der Waals surface area contributed by atoms with Gasteiger partial charge < -0.3 is 14.6 Å². The second-order valence-corrected chi connectivity index (χ2v) is 10.2. The van der Waals surface area contributed by atoms with Crippen LogP contribution in [0.5, 0.6) is 0 Å². The molecular formula is C37H60O4. The molecule has 0 aliphatic heterocycles. The second kappa shape index (κ2) is 33.8. The number of aliphatic hydroxyl groups excluding tert-OH is 1. The van der Waals surface area contributed by atoms with Gasteiger partial charge in [-0.15, -0.1) is 0 Å². The molecule has 0 aromatic rings. The number of allylic oxidation sites excluding steroid dienone is 13. The Hall–Kier alpha value is -2.43. The Balaban J connectivity index is 3.67. The number of carbonyl (C=O) groups excluding carboxylic acids is 1. The molecule has 0 aromatic heterocycles. The molecule has 0 bridgehead atoms. The molecular weight excluding hydrogens is 508 g/mol. The normalized spacial score (nSPS) is 13.5. The summed E-state index contributed by atoms with van der Waals surface area (Å²) in [4.78, 5) is 12.0. The molecule has 232 valence electrons. The van der Waals surface area contributed by atoms with E-state index in [9.17, 15) is 9.90 Å². The van der Waals surface area contributed by atoms with Crippen LogP contribution in [0.25, 0.3) is 0 Å². The Morgan fingerprint density at radius 2 is 1.10 bits per heavy atom. The molecule has 0 saturated carbocycles. The van der Waals surface area contributed by atoms with Crippen molar-refractivity contribution in [2.24, 2.45) is 0 Å². The maximum atomic E-state index is 12.0. The second-order valence-electron chi connectivity index (χ2n) is 10.2. The van der Waals surface area contributed by atoms with Crippen LogP contribution < -0.4 is 0 Å². The van der Waals surface area contributed by atoms with Crippen LogP contribution in [0.3, 0.4) is 0 Å². The SMILES string of the molecule is CC/C=C\C/C=C\C/C=C\C/C=C\C/C=C\CC(=O)OC(CO)COCCCCCCCC/C=C\C/C=C\CCC. The number of ether oxygens (including phenoxy) is 2. The van der Waals surface area contributed by atoms with Crippen molar-refractivity contribution in [2.45, 2.75) is 123 Å². The highest BCUT2D eigenvalue weighted by Crippen LogP contribution is 2.08. The maximum absolute atomic E-state index is 12.0. The summed E-state index contributed by atoms with van der Waals surface area (Å²) in [5.41, 5.74) is 0. The van der Waals surface area contributed by atoms with Gasteiger partial charge in [-0.1, -0.05) is 131 Å². The van der Waals surface area contributed by atoms with Crippen LogP contribution in [-0.4, -0.2) is 37.0 Å². The third-order valence-corrected chi connectivity index (χ3v) is 6.22. The van der Waals surface area contributed by atoms with Gasteiger partial charge in [0, 0.05) is 6.61 Å². The predicted molar refractivity (Wildman–Crippen MR) is 177 cm³/mol. The highest BCUT2D eigenvalue weighted by atomic mass is 16.6. The van der Waals surface area contributed by atoms with Crippen LogP contribution >= 0.6 is 0 Å². The molecule has 1 unspecified atom stereocenters. The molecule has 0 radical (unpaired) electrons. The average molecular weight is 569 g/mol. The van der Waals surface area contributed by atoms with Gasteiger partial charge in [0.05, 0.1) is 19.6 Å². The van der Waals surface area contributed by atoms with Crippen molar-refractivity contribution in [1.82, 2.24) is 0 Å². The van der Waals surface area contributed by atoms with Crippen molar-refractivity contribution in [3.05, 3.63) is 85.1 Å². The Morgan fingerprint density at radius 3 is 1.66 bits per heavy atom. The Labute approximate surface area is 252 Å². The van der Waals surface area contributed by atoms with E-state index < -0.39 is 6.10 Å². The molecule has 0 aromatic carbocycles. The van der Waals surface area contributed by atoms with Crippen LogP contribution in [0.4, 0.5) is 0 Å². The number of hydrogen-bond acceptors (Lipinski definition) is 4. The first kappa shape index (κ1) is 38.6. The minimum Gasteiger partial charge on any atom is -0.457 e. The van der Waals surface area contributed by atoms with Gasteiger partial charge in [-0.25, -0.2) is 0 Å². The lowest BCUT2D eigenvalue weighted by Gasteiger charge is -2.15. The summed E-state index contributed by atoms with van der Waals surface area (Å²) in [6, 6.07) is 0. The highest BCUT2D eigenvalue weighted by molar-refractivity contribution is 5.71. The molecule has 4 nitrogen and oxygen atoms in total. The number of esters is 1. The summed E-state index contributed by atoms with van der Waals surface area (Å²) in [5, 5.41) is 9.50. The molecule has 0 amide bonds. The van der Waals surface area contributed by atoms with E-state index in [0.717, 1.165) is 51.4 Å². The standard InChI is InChI=1S/C37H60O4/c1-3-5-7-9-11-13-15-17-19-20-22-24-26-28-30-32-37(39)41-36(34-38)35-40-33-31-29-27-25-23-21-18-16-14-12-10-8-6-4-2/h5,7-8,10-11,13-14,16-17,19,22,24,28,30,36,38H,3-4,6,9,12,15,18,20-21,23,25-27,29,31-35H2,1-2H3/b7-5-,10-8-,13-11-,16-14-,19-17-,24-22-,30-28-. The topological polar surface area (TPSA) is 55.8 Å². The Morgan fingerprint density at radius 1 is 0.610 bits per heavy atom. The zero-order chi connectivity index (χ0) is 29.9. The molecule has 4 heteroatoms. The summed E-state index contributed by atoms with van der Waals surface area (Å²) >= 11 is 0. The lowest BCUT2D eigenvalue weighted by molar-refractivity contribution is -0.153. The van der Waals surface area contributed by atoms with Crippen LogP contribution in [0, 0.1) is 0 Å². The van der Waals surface area contributed by atoms with E-state index in [1.54, 1.807) is 0 Å². The van der Waals surface area contributed by atoms with Gasteiger partial charge in [0.2, 0.25) is 0 Å². The van der Waals surface area contributed by atoms with Gasteiger partial charge in [-0.3, -0.25) is 4.79 Å². The van der Waals surface area contributed by atoms with E-state index in [0.29, 0.717) is 6.61 Å². The first-order valence-corrected chi connectivity index (χ1v) is 16.2. The Kier molecular flexibility index (Phi) is 31.8. The van der Waals surface area contributed by atoms with Gasteiger partial charge in [0.1, 0.15) is 6.10 Å². The number of carbonyl (C=O) groups is 1. The molecule has 0 heterocycles. The van der Waals surface area contributed by atoms with E-state index in [2.05, 4.69) is 86.8 Å². The van der Waals surface area contributed by atoms with Crippen molar-refractivity contribution in [3.8, 4) is 0 Å². The summed E-state index contributed by atoms with van der Waals surface area (Å²) in [6.45, 7) is 5.01. The van der Waals surface area contributed by atoms with Crippen molar-refractivity contribution in [2.75, 3.05) is 19.8 Å². The summed E-state index contributed by atoms with van der Waals surface area (Å²) < 4.78 is 11.0. The van der Waals surface area contributed by atoms with E-state index in [1.165, 1.54) is 44.9 Å². The predicted octanol–water partition coefficient (Wildman–Crippen LogP) is 10.1. The van der Waals surface area contributed by atoms with Crippen LogP contribution in [0.1, 0.15) is 117 Å². The summed E-state index contributed by atoms with van der Waals surface area (Å²) in [6.07, 6.45) is 46.3. The van der Waals surface area contributed by atoms with Crippen LogP contribution in [-0.2, 0) is 14.3 Å². The van der Waals surface area contributed by atoms with Crippen molar-refractivity contribution in [3.63, 3.8) is 0 Å². The van der Waals surface area contributed by atoms with Crippen molar-refractivity contribution >= 4 is 5.97 Å². The first-order chi connectivity index (χ1) is 20.2. The molecule has 0 spiro atoms. The molecule has 0 saturated heterocycles. The zero-order valence-corrected chi connectivity index (χ0v) is 26.3. The van der Waals surface area contributed by atoms with E-state index in [-0.39, 0.29) is 25.6 Å². The van der Waals surface area contributed by atoms with Gasteiger partial charge >= 0.3 is 5.97 Å². The van der Waals surface area contributed by atoms with Crippen molar-refractivity contribution < 1.29 is 19.4 Å². The van der Waals surface area contributed by atoms with Crippen LogP contribution in [0.15, 0.2) is 85.1 Å². The number of hydrogen-bond donors (Lipinski definition) is 1. The first-order valence-electron chi connectivity index (χ1n) is 16.2. The van der Waals surface area contributed by atoms with E-state index in [4.69, 9.17) is 9.47 Å². The van der Waals surface area contributed by atoms with Gasteiger partial charge in [-0.2, -0.15) is 0 Å². The molecule has 0 fully saturated rings. The lowest BCUT2D eigenvalue weighted by Crippen LogP contribution is -2.27. The fourth-order valence-electron chi connectivity index (χ4n) is 3.85. The van der Waals surface area contributed by atoms with Crippen LogP contribution in [0.2, 0.25) is 0 Å². The Bertz CT molecular complexity index is 770. The molecule has 1 atom stereocenters. The monoisotopic (exact) mass is 568 g/mol. The quantitative estimate of drug-likeness (QED) is 0.0579. The fraction of sp³-hybridized carbons (Fsp3) is 0.595. The lowest BCUT2D eigenvalue weighted by atomic mass is 10.1. The fourth-order valence-corrected chi connectivity index (χ4v) is 3.85. The van der Waals surface area contributed by atoms with Gasteiger partial charge in [0.15, 0.2) is 0 Å². The third kappa shape index (κ3) is 32.0. The van der Waals surface area contributed by atoms with Gasteiger partial charge in [-0.05, 0) is 64.2 Å². The smallest absolute Gasteiger partial charge is 0.310 e. The molecule has 0 rings (SSSR count). The number of aliphatic hydroxyl groups is 1. The minimum atomic E-state index is -0.597. The molecule has 0 aliphatic carbocycles. The highest BCUT2D eigenvalue weighted by Gasteiger charge is 2.12. The number of unbranched alkanes of at least 4 members (excludes halogenated alkanes) is 7. The van der Waals surface area contributed by atoms with E-state index >= 15 is 0 Å². The summed E-state index contributed by atoms with van der Waals surface area (Å²) in [5.74, 6) is -0.336. The molecule has 0 aliphatic rings. The number of rotatable bonds is 28. The van der Waals surface area contributed by atoms with Crippen molar-refractivity contribution in [1.29, 1.82) is 0 Å². The molecule has 41 heavy (non-hydrogen) atoms. The summed E-state index contributed by atoms with van der Waals surface area (Å²) in [7, 11) is 0. The zero-order valence-electron chi connectivity index (χ0n) is 26.3. The maximum Gasteiger partial charge on any atom is 0.310 e. The van der Waals surface area contributed by atoms with Gasteiger partial charge in [0.25, 0.3) is 0 Å². The average Bonchev–Trinajstić information content (AvgIpc) is 2.98.